The molecule has 2 rings (SSSR count). The highest BCUT2D eigenvalue weighted by Crippen LogP contribution is 2.43. The second-order valence-corrected chi connectivity index (χ2v) is 8.25. The average Bonchev–Trinajstić information content (AvgIpc) is 3.20. The lowest BCUT2D eigenvalue weighted by Gasteiger charge is -2.29. The molecule has 0 N–H and O–H groups in total. The second kappa shape index (κ2) is 5.60. The molecule has 0 aromatic heterocycles. The number of benzene rings is 1. The highest BCUT2D eigenvalue weighted by atomic mass is 16.5. The van der Waals surface area contributed by atoms with Crippen LogP contribution >= 0.6 is 0 Å². The maximum atomic E-state index is 12.2. The average molecular weight is 304 g/mol. The number of esters is 1. The van der Waals surface area contributed by atoms with Crippen LogP contribution in [0.5, 0.6) is 11.5 Å². The van der Waals surface area contributed by atoms with E-state index in [2.05, 4.69) is 41.5 Å². The van der Waals surface area contributed by atoms with Gasteiger partial charge < -0.3 is 9.47 Å². The summed E-state index contributed by atoms with van der Waals surface area (Å²) in [5.41, 5.74) is 1.78. The molecule has 0 amide bonds. The van der Waals surface area contributed by atoms with Gasteiger partial charge in [-0.1, -0.05) is 41.5 Å². The zero-order valence-corrected chi connectivity index (χ0v) is 14.9. The number of hydrogen-bond acceptors (Lipinski definition) is 3. The van der Waals surface area contributed by atoms with Gasteiger partial charge >= 0.3 is 5.97 Å². The van der Waals surface area contributed by atoms with Crippen LogP contribution in [-0.4, -0.2) is 13.1 Å². The van der Waals surface area contributed by atoms with Crippen LogP contribution in [-0.2, 0) is 15.6 Å². The maximum absolute atomic E-state index is 12.2. The molecule has 3 heteroatoms. The lowest BCUT2D eigenvalue weighted by atomic mass is 9.79. The summed E-state index contributed by atoms with van der Waals surface area (Å²) < 4.78 is 11.3. The standard InChI is InChI=1S/C19H28O3/c1-18(2,3)14-10-13(21-7)11-15(19(4,5)6)16(14)22-17(20)12-8-9-12/h10-12H,8-9H2,1-7H3. The molecular formula is C19H28O3. The summed E-state index contributed by atoms with van der Waals surface area (Å²) in [6, 6.07) is 3.98. The Morgan fingerprint density at radius 3 is 1.77 bits per heavy atom. The monoisotopic (exact) mass is 304 g/mol. The van der Waals surface area contributed by atoms with Crippen LogP contribution in [0.4, 0.5) is 0 Å². The smallest absolute Gasteiger partial charge is 0.314 e. The minimum Gasteiger partial charge on any atom is -0.497 e. The first-order valence-corrected chi connectivity index (χ1v) is 7.98. The fourth-order valence-electron chi connectivity index (χ4n) is 2.45. The van der Waals surface area contributed by atoms with E-state index in [1.807, 2.05) is 12.1 Å². The molecular weight excluding hydrogens is 276 g/mol. The molecule has 0 heterocycles. The van der Waals surface area contributed by atoms with E-state index in [0.29, 0.717) is 0 Å². The Balaban J connectivity index is 2.60. The van der Waals surface area contributed by atoms with Crippen LogP contribution in [0.2, 0.25) is 0 Å². The first-order valence-electron chi connectivity index (χ1n) is 7.98. The van der Waals surface area contributed by atoms with Gasteiger partial charge in [0.2, 0.25) is 0 Å². The molecule has 1 saturated carbocycles. The molecule has 0 saturated heterocycles. The van der Waals surface area contributed by atoms with Crippen LogP contribution in [0, 0.1) is 5.92 Å². The van der Waals surface area contributed by atoms with Crippen LogP contribution in [0.15, 0.2) is 12.1 Å². The van der Waals surface area contributed by atoms with Gasteiger partial charge in [0, 0.05) is 11.1 Å². The third-order valence-electron chi connectivity index (χ3n) is 4.03. The van der Waals surface area contributed by atoms with Crippen LogP contribution < -0.4 is 9.47 Å². The third kappa shape index (κ3) is 3.63. The summed E-state index contributed by atoms with van der Waals surface area (Å²) >= 11 is 0. The summed E-state index contributed by atoms with van der Waals surface area (Å²) in [4.78, 5) is 12.2. The molecule has 122 valence electrons. The topological polar surface area (TPSA) is 35.5 Å². The summed E-state index contributed by atoms with van der Waals surface area (Å²) in [6.45, 7) is 12.8. The molecule has 1 aliphatic rings. The summed E-state index contributed by atoms with van der Waals surface area (Å²) in [6.07, 6.45) is 1.90. The number of rotatable bonds is 3. The minimum absolute atomic E-state index is 0.0859. The fourth-order valence-corrected chi connectivity index (χ4v) is 2.45. The number of hydrogen-bond donors (Lipinski definition) is 0. The van der Waals surface area contributed by atoms with E-state index < -0.39 is 0 Å². The van der Waals surface area contributed by atoms with E-state index in [9.17, 15) is 4.79 Å². The number of ether oxygens (including phenoxy) is 2. The molecule has 0 spiro atoms. The van der Waals surface area contributed by atoms with Crippen molar-refractivity contribution in [2.45, 2.75) is 65.2 Å². The second-order valence-electron chi connectivity index (χ2n) is 8.25. The van der Waals surface area contributed by atoms with E-state index >= 15 is 0 Å². The van der Waals surface area contributed by atoms with Gasteiger partial charge in [0.05, 0.1) is 13.0 Å². The van der Waals surface area contributed by atoms with Gasteiger partial charge in [-0.3, -0.25) is 4.79 Å². The van der Waals surface area contributed by atoms with Crippen molar-refractivity contribution in [3.8, 4) is 11.5 Å². The molecule has 1 fully saturated rings. The van der Waals surface area contributed by atoms with Gasteiger partial charge in [-0.15, -0.1) is 0 Å². The van der Waals surface area contributed by atoms with Crippen molar-refractivity contribution in [2.24, 2.45) is 5.92 Å². The van der Waals surface area contributed by atoms with Crippen LogP contribution in [0.25, 0.3) is 0 Å². The molecule has 0 unspecified atom stereocenters. The zero-order valence-electron chi connectivity index (χ0n) is 14.9. The summed E-state index contributed by atoms with van der Waals surface area (Å²) in [7, 11) is 1.67. The first kappa shape index (κ1) is 16.9. The van der Waals surface area contributed by atoms with Crippen LogP contribution in [0.1, 0.15) is 65.5 Å². The highest BCUT2D eigenvalue weighted by Gasteiger charge is 2.35. The molecule has 0 atom stereocenters. The van der Waals surface area contributed by atoms with E-state index in [-0.39, 0.29) is 22.7 Å². The van der Waals surface area contributed by atoms with Gasteiger partial charge in [-0.05, 0) is 35.8 Å². The van der Waals surface area contributed by atoms with Crippen molar-refractivity contribution in [3.63, 3.8) is 0 Å². The zero-order chi connectivity index (χ0) is 16.7. The molecule has 0 aliphatic heterocycles. The lowest BCUT2D eigenvalue weighted by molar-refractivity contribution is -0.135. The molecule has 1 aromatic carbocycles. The summed E-state index contributed by atoms with van der Waals surface area (Å²) in [5.74, 6) is 1.52. The van der Waals surface area contributed by atoms with E-state index in [1.54, 1.807) is 7.11 Å². The SMILES string of the molecule is COc1cc(C(C)(C)C)c(OC(=O)C2CC2)c(C(C)(C)C)c1. The number of carbonyl (C=O) groups is 1. The quantitative estimate of drug-likeness (QED) is 0.604. The van der Waals surface area contributed by atoms with Gasteiger partial charge in [0.25, 0.3) is 0 Å². The lowest BCUT2D eigenvalue weighted by Crippen LogP contribution is -2.22. The van der Waals surface area contributed by atoms with Gasteiger partial charge in [-0.2, -0.15) is 0 Å². The fraction of sp³-hybridized carbons (Fsp3) is 0.632. The molecule has 22 heavy (non-hydrogen) atoms. The maximum Gasteiger partial charge on any atom is 0.314 e. The summed E-state index contributed by atoms with van der Waals surface area (Å²) in [5, 5.41) is 0. The van der Waals surface area contributed by atoms with E-state index in [1.165, 1.54) is 0 Å². The first-order chi connectivity index (χ1) is 10.0. The normalized spacial score (nSPS) is 15.6. The Morgan fingerprint density at radius 2 is 1.45 bits per heavy atom. The van der Waals surface area contributed by atoms with Gasteiger partial charge in [0.1, 0.15) is 11.5 Å². The minimum atomic E-state index is -0.131. The van der Waals surface area contributed by atoms with Crippen molar-refractivity contribution >= 4 is 5.97 Å². The van der Waals surface area contributed by atoms with E-state index in [0.717, 1.165) is 35.5 Å². The van der Waals surface area contributed by atoms with Crippen molar-refractivity contribution in [1.82, 2.24) is 0 Å². The third-order valence-corrected chi connectivity index (χ3v) is 4.03. The Kier molecular flexibility index (Phi) is 4.29. The predicted molar refractivity (Wildman–Crippen MR) is 88.8 cm³/mol. The van der Waals surface area contributed by atoms with Crippen molar-refractivity contribution in [3.05, 3.63) is 23.3 Å². The van der Waals surface area contributed by atoms with Gasteiger partial charge in [-0.25, -0.2) is 0 Å². The Bertz CT molecular complexity index is 534. The Morgan fingerprint density at radius 1 is 1.00 bits per heavy atom. The molecule has 0 radical (unpaired) electrons. The van der Waals surface area contributed by atoms with Crippen molar-refractivity contribution < 1.29 is 14.3 Å². The molecule has 3 nitrogen and oxygen atoms in total. The largest absolute Gasteiger partial charge is 0.497 e. The predicted octanol–water partition coefficient (Wildman–Crippen LogP) is 4.61. The van der Waals surface area contributed by atoms with E-state index in [4.69, 9.17) is 9.47 Å². The van der Waals surface area contributed by atoms with Crippen molar-refractivity contribution in [2.75, 3.05) is 7.11 Å². The van der Waals surface area contributed by atoms with Crippen LogP contribution in [0.3, 0.4) is 0 Å². The van der Waals surface area contributed by atoms with Crippen molar-refractivity contribution in [1.29, 1.82) is 0 Å². The molecule has 0 bridgehead atoms. The highest BCUT2D eigenvalue weighted by molar-refractivity contribution is 5.78. The van der Waals surface area contributed by atoms with Gasteiger partial charge in [0.15, 0.2) is 0 Å². The number of methoxy groups -OCH3 is 1. The number of carbonyl (C=O) groups excluding carboxylic acids is 1. The Labute approximate surface area is 134 Å². The Hall–Kier alpha value is -1.51. The molecule has 1 aliphatic carbocycles. The molecule has 1 aromatic rings.